The van der Waals surface area contributed by atoms with Gasteiger partial charge in [0.25, 0.3) is 0 Å². The Labute approximate surface area is 252 Å². The fourth-order valence-electron chi connectivity index (χ4n) is 6.46. The summed E-state index contributed by atoms with van der Waals surface area (Å²) in [5.74, 6) is 1.05. The lowest BCUT2D eigenvalue weighted by Gasteiger charge is -2.28. The normalized spacial score (nSPS) is 17.2. The SMILES string of the molecule is CCCCCCCCc1ccc(CC[C@H]2CC[C@H](CCc3ccc(CCc4ccc(Cl)c(F)c4)c(F)c3)CC2)cc1. The second-order valence-electron chi connectivity index (χ2n) is 12.5. The molecule has 0 saturated heterocycles. The fraction of sp³-hybridized carbons (Fsp3) is 0.526. The first-order valence-corrected chi connectivity index (χ1v) is 16.7. The first-order chi connectivity index (χ1) is 20.0. The van der Waals surface area contributed by atoms with Crippen molar-refractivity contribution in [1.29, 1.82) is 0 Å². The minimum atomic E-state index is -0.419. The van der Waals surface area contributed by atoms with Crippen molar-refractivity contribution in [3.63, 3.8) is 0 Å². The van der Waals surface area contributed by atoms with Gasteiger partial charge in [-0.25, -0.2) is 8.78 Å². The second kappa shape index (κ2) is 17.1. The van der Waals surface area contributed by atoms with Crippen LogP contribution in [0.2, 0.25) is 5.02 Å². The minimum absolute atomic E-state index is 0.122. The van der Waals surface area contributed by atoms with Gasteiger partial charge in [-0.05, 0) is 109 Å². The summed E-state index contributed by atoms with van der Waals surface area (Å²) in [7, 11) is 0. The highest BCUT2D eigenvalue weighted by molar-refractivity contribution is 6.30. The Bertz CT molecular complexity index is 1180. The molecule has 1 aliphatic rings. The highest BCUT2D eigenvalue weighted by Crippen LogP contribution is 2.34. The van der Waals surface area contributed by atoms with Crippen molar-refractivity contribution < 1.29 is 8.78 Å². The first kappa shape index (κ1) is 31.7. The highest BCUT2D eigenvalue weighted by Gasteiger charge is 2.21. The van der Waals surface area contributed by atoms with E-state index < -0.39 is 5.82 Å². The van der Waals surface area contributed by atoms with E-state index >= 15 is 0 Å². The van der Waals surface area contributed by atoms with E-state index in [-0.39, 0.29) is 10.8 Å². The van der Waals surface area contributed by atoms with Gasteiger partial charge in [0.15, 0.2) is 0 Å². The third kappa shape index (κ3) is 10.9. The first-order valence-electron chi connectivity index (χ1n) is 16.3. The van der Waals surface area contributed by atoms with Crippen LogP contribution in [0.5, 0.6) is 0 Å². The van der Waals surface area contributed by atoms with Crippen molar-refractivity contribution in [2.45, 2.75) is 116 Å². The molecule has 3 aromatic carbocycles. The third-order valence-corrected chi connectivity index (χ3v) is 9.58. The van der Waals surface area contributed by atoms with Crippen LogP contribution < -0.4 is 0 Å². The van der Waals surface area contributed by atoms with E-state index in [1.807, 2.05) is 6.07 Å². The monoisotopic (exact) mass is 578 g/mol. The standard InChI is InChI=1S/C38H49ClF2/c1-2-3-4-5-6-7-8-29-9-11-30(12-10-29)13-14-31-15-17-32(18-16-31)19-20-33-21-24-35(37(40)27-33)25-22-34-23-26-36(39)38(41)28-34/h9-12,21,23-24,26-28,31-32H,2-8,13-20,22,25H2,1H3/t31-,32-. The summed E-state index contributed by atoms with van der Waals surface area (Å²) in [5, 5.41) is 0.122. The van der Waals surface area contributed by atoms with Gasteiger partial charge in [-0.2, -0.15) is 0 Å². The molecule has 0 bridgehead atoms. The van der Waals surface area contributed by atoms with Gasteiger partial charge >= 0.3 is 0 Å². The van der Waals surface area contributed by atoms with Gasteiger partial charge in [-0.15, -0.1) is 0 Å². The predicted molar refractivity (Wildman–Crippen MR) is 171 cm³/mol. The van der Waals surface area contributed by atoms with E-state index in [9.17, 15) is 8.78 Å². The van der Waals surface area contributed by atoms with Crippen molar-refractivity contribution >= 4 is 11.6 Å². The van der Waals surface area contributed by atoms with Crippen LogP contribution in [0, 0.1) is 23.5 Å². The molecule has 1 fully saturated rings. The molecule has 3 heteroatoms. The van der Waals surface area contributed by atoms with Gasteiger partial charge in [0.1, 0.15) is 11.6 Å². The molecule has 0 aromatic heterocycles. The molecule has 0 unspecified atom stereocenters. The Morgan fingerprint density at radius 3 is 1.71 bits per heavy atom. The quantitative estimate of drug-likeness (QED) is 0.148. The van der Waals surface area contributed by atoms with Crippen LogP contribution in [0.1, 0.15) is 112 Å². The van der Waals surface area contributed by atoms with Crippen LogP contribution in [-0.2, 0) is 32.1 Å². The van der Waals surface area contributed by atoms with E-state index in [2.05, 4.69) is 37.3 Å². The summed E-state index contributed by atoms with van der Waals surface area (Å²) in [5.41, 5.74) is 5.60. The van der Waals surface area contributed by atoms with E-state index in [4.69, 9.17) is 11.6 Å². The van der Waals surface area contributed by atoms with Crippen LogP contribution in [0.25, 0.3) is 0 Å². The van der Waals surface area contributed by atoms with E-state index in [1.165, 1.54) is 101 Å². The Kier molecular flexibility index (Phi) is 13.2. The number of halogens is 3. The molecule has 4 rings (SSSR count). The molecule has 41 heavy (non-hydrogen) atoms. The van der Waals surface area contributed by atoms with E-state index in [0.717, 1.165) is 35.8 Å². The minimum Gasteiger partial charge on any atom is -0.207 e. The molecule has 0 spiro atoms. The largest absolute Gasteiger partial charge is 0.207 e. The molecule has 1 aliphatic carbocycles. The molecule has 0 atom stereocenters. The summed E-state index contributed by atoms with van der Waals surface area (Å²) in [6.45, 7) is 2.28. The Hall–Kier alpha value is -2.19. The van der Waals surface area contributed by atoms with Crippen molar-refractivity contribution in [1.82, 2.24) is 0 Å². The van der Waals surface area contributed by atoms with Crippen molar-refractivity contribution in [3.05, 3.63) is 105 Å². The zero-order valence-electron chi connectivity index (χ0n) is 25.1. The van der Waals surface area contributed by atoms with Gasteiger partial charge < -0.3 is 0 Å². The summed E-state index contributed by atoms with van der Waals surface area (Å²) >= 11 is 5.76. The van der Waals surface area contributed by atoms with E-state index in [1.54, 1.807) is 18.2 Å². The number of hydrogen-bond donors (Lipinski definition) is 0. The number of benzene rings is 3. The Morgan fingerprint density at radius 2 is 1.07 bits per heavy atom. The molecule has 0 N–H and O–H groups in total. The molecule has 0 aliphatic heterocycles. The van der Waals surface area contributed by atoms with Crippen LogP contribution in [0.4, 0.5) is 8.78 Å². The molecule has 0 nitrogen and oxygen atoms in total. The molecular weight excluding hydrogens is 530 g/mol. The number of aryl methyl sites for hydroxylation is 5. The number of rotatable bonds is 16. The molecule has 0 radical (unpaired) electrons. The lowest BCUT2D eigenvalue weighted by molar-refractivity contribution is 0.253. The zero-order valence-corrected chi connectivity index (χ0v) is 25.8. The smallest absolute Gasteiger partial charge is 0.142 e. The van der Waals surface area contributed by atoms with E-state index in [0.29, 0.717) is 18.4 Å². The van der Waals surface area contributed by atoms with Crippen LogP contribution in [-0.4, -0.2) is 0 Å². The zero-order chi connectivity index (χ0) is 28.9. The lowest BCUT2D eigenvalue weighted by atomic mass is 9.77. The second-order valence-corrected chi connectivity index (χ2v) is 12.9. The Morgan fingerprint density at radius 1 is 0.561 bits per heavy atom. The van der Waals surface area contributed by atoms with Crippen LogP contribution in [0.15, 0.2) is 60.7 Å². The highest BCUT2D eigenvalue weighted by atomic mass is 35.5. The van der Waals surface area contributed by atoms with Crippen molar-refractivity contribution in [2.75, 3.05) is 0 Å². The van der Waals surface area contributed by atoms with Gasteiger partial charge in [-0.3, -0.25) is 0 Å². The predicted octanol–water partition coefficient (Wildman–Crippen LogP) is 11.7. The lowest BCUT2D eigenvalue weighted by Crippen LogP contribution is -2.16. The van der Waals surface area contributed by atoms with Gasteiger partial charge in [0, 0.05) is 0 Å². The van der Waals surface area contributed by atoms with Crippen LogP contribution >= 0.6 is 11.6 Å². The van der Waals surface area contributed by atoms with Gasteiger partial charge in [0.05, 0.1) is 5.02 Å². The maximum atomic E-state index is 14.8. The third-order valence-electron chi connectivity index (χ3n) is 9.28. The van der Waals surface area contributed by atoms with Gasteiger partial charge in [-0.1, -0.05) is 119 Å². The number of unbranched alkanes of at least 4 members (excludes halogenated alkanes) is 5. The molecule has 3 aromatic rings. The average molecular weight is 579 g/mol. The molecule has 222 valence electrons. The van der Waals surface area contributed by atoms with Crippen molar-refractivity contribution in [2.24, 2.45) is 11.8 Å². The number of hydrogen-bond acceptors (Lipinski definition) is 0. The summed E-state index contributed by atoms with van der Waals surface area (Å²) in [4.78, 5) is 0. The molecule has 0 heterocycles. The summed E-state index contributed by atoms with van der Waals surface area (Å²) in [6, 6.07) is 19.9. The topological polar surface area (TPSA) is 0 Å². The molecular formula is C38H49ClF2. The van der Waals surface area contributed by atoms with Gasteiger partial charge in [0.2, 0.25) is 0 Å². The molecule has 1 saturated carbocycles. The summed E-state index contributed by atoms with van der Waals surface area (Å²) < 4.78 is 28.4. The maximum Gasteiger partial charge on any atom is 0.142 e. The maximum absolute atomic E-state index is 14.8. The molecule has 0 amide bonds. The fourth-order valence-corrected chi connectivity index (χ4v) is 6.57. The van der Waals surface area contributed by atoms with Crippen LogP contribution in [0.3, 0.4) is 0 Å². The average Bonchev–Trinajstić information content (AvgIpc) is 2.99. The van der Waals surface area contributed by atoms with Crippen molar-refractivity contribution in [3.8, 4) is 0 Å². The summed E-state index contributed by atoms with van der Waals surface area (Å²) in [6.07, 6.45) is 20.4. The Balaban J connectivity index is 1.10.